The lowest BCUT2D eigenvalue weighted by Gasteiger charge is -2.16. The van der Waals surface area contributed by atoms with Gasteiger partial charge in [0.25, 0.3) is 5.91 Å². The van der Waals surface area contributed by atoms with Gasteiger partial charge in [0.2, 0.25) is 0 Å². The fourth-order valence-corrected chi connectivity index (χ4v) is 2.41. The van der Waals surface area contributed by atoms with Crippen molar-refractivity contribution >= 4 is 16.8 Å². The second kappa shape index (κ2) is 4.13. The van der Waals surface area contributed by atoms with E-state index in [0.29, 0.717) is 11.4 Å². The number of para-hydroxylation sites is 1. The molecule has 98 valence electrons. The number of hydrogen-bond acceptors (Lipinski definition) is 3. The molecular weight excluding hydrogens is 242 g/mol. The van der Waals surface area contributed by atoms with Gasteiger partial charge < -0.3 is 20.3 Å². The first-order valence-corrected chi connectivity index (χ1v) is 6.06. The van der Waals surface area contributed by atoms with E-state index >= 15 is 0 Å². The van der Waals surface area contributed by atoms with Crippen molar-refractivity contribution in [2.24, 2.45) is 0 Å². The van der Waals surface area contributed by atoms with E-state index in [4.69, 9.17) is 0 Å². The third-order valence-electron chi connectivity index (χ3n) is 3.58. The molecule has 19 heavy (non-hydrogen) atoms. The number of aromatic amines is 1. The summed E-state index contributed by atoms with van der Waals surface area (Å²) in [7, 11) is 1.64. The van der Waals surface area contributed by atoms with Gasteiger partial charge in [0, 0.05) is 29.7 Å². The molecule has 5 nitrogen and oxygen atoms in total. The molecule has 0 bridgehead atoms. The summed E-state index contributed by atoms with van der Waals surface area (Å²) in [5.41, 5.74) is 1.65. The number of carbonyl (C=O) groups is 1. The van der Waals surface area contributed by atoms with E-state index in [0.717, 1.165) is 10.9 Å². The third-order valence-corrected chi connectivity index (χ3v) is 3.58. The Morgan fingerprint density at radius 3 is 2.84 bits per heavy atom. The number of aliphatic hydroxyl groups excluding tert-OH is 1. The Balaban J connectivity index is 1.99. The van der Waals surface area contributed by atoms with Gasteiger partial charge in [0.05, 0.1) is 0 Å². The Morgan fingerprint density at radius 2 is 2.16 bits per heavy atom. The van der Waals surface area contributed by atoms with Crippen molar-refractivity contribution in [2.75, 3.05) is 7.05 Å². The maximum atomic E-state index is 12.0. The van der Waals surface area contributed by atoms with Crippen molar-refractivity contribution in [1.29, 1.82) is 0 Å². The summed E-state index contributed by atoms with van der Waals surface area (Å²) in [5.74, 6) is 0.330. The molecule has 2 atom stereocenters. The topological polar surface area (TPSA) is 68.4 Å². The van der Waals surface area contributed by atoms with Gasteiger partial charge >= 0.3 is 0 Å². The zero-order valence-electron chi connectivity index (χ0n) is 10.6. The monoisotopic (exact) mass is 257 g/mol. The molecule has 2 heterocycles. The molecule has 0 radical (unpaired) electrons. The van der Waals surface area contributed by atoms with Gasteiger partial charge in [-0.1, -0.05) is 24.8 Å². The first-order chi connectivity index (χ1) is 9.09. The van der Waals surface area contributed by atoms with Crippen LogP contribution in [0.3, 0.4) is 0 Å². The predicted molar refractivity (Wildman–Crippen MR) is 72.1 cm³/mol. The number of aliphatic hydroxyl groups is 1. The molecule has 1 aliphatic heterocycles. The minimum absolute atomic E-state index is 0.178. The fraction of sp³-hybridized carbons (Fsp3) is 0.214. The maximum absolute atomic E-state index is 12.0. The summed E-state index contributed by atoms with van der Waals surface area (Å²) in [6.07, 6.45) is 0.830. The van der Waals surface area contributed by atoms with Crippen molar-refractivity contribution in [3.63, 3.8) is 0 Å². The highest BCUT2D eigenvalue weighted by Gasteiger charge is 2.38. The molecule has 0 saturated carbocycles. The third kappa shape index (κ3) is 1.70. The highest BCUT2D eigenvalue weighted by molar-refractivity contribution is 5.89. The van der Waals surface area contributed by atoms with Crippen molar-refractivity contribution < 1.29 is 9.90 Å². The lowest BCUT2D eigenvalue weighted by molar-refractivity contribution is -0.129. The minimum atomic E-state index is -0.912. The van der Waals surface area contributed by atoms with Gasteiger partial charge in [-0.05, 0) is 6.07 Å². The number of nitrogens with one attached hydrogen (secondary N) is 2. The normalized spacial score (nSPS) is 20.9. The van der Waals surface area contributed by atoms with Gasteiger partial charge in [0.1, 0.15) is 18.0 Å². The number of benzene rings is 1. The summed E-state index contributed by atoms with van der Waals surface area (Å²) in [6, 6.07) is 6.99. The fourth-order valence-electron chi connectivity index (χ4n) is 2.41. The number of aromatic nitrogens is 1. The smallest absolute Gasteiger partial charge is 0.253 e. The molecule has 2 aromatic rings. The quantitative estimate of drug-likeness (QED) is 0.754. The lowest BCUT2D eigenvalue weighted by Crippen LogP contribution is -2.35. The second-order valence-corrected chi connectivity index (χ2v) is 4.70. The van der Waals surface area contributed by atoms with E-state index in [2.05, 4.69) is 16.9 Å². The lowest BCUT2D eigenvalue weighted by atomic mass is 10.0. The highest BCUT2D eigenvalue weighted by Crippen LogP contribution is 2.29. The largest absolute Gasteiger partial charge is 0.386 e. The average molecular weight is 257 g/mol. The van der Waals surface area contributed by atoms with Gasteiger partial charge in [-0.15, -0.1) is 0 Å². The maximum Gasteiger partial charge on any atom is 0.253 e. The van der Waals surface area contributed by atoms with E-state index in [1.807, 2.05) is 24.3 Å². The van der Waals surface area contributed by atoms with Gasteiger partial charge in [-0.2, -0.15) is 0 Å². The zero-order chi connectivity index (χ0) is 13.6. The number of amides is 1. The SMILES string of the molecule is C=C1NC(C(O)c2c[nH]c3ccccc23)C(=O)N1C. The number of likely N-dealkylation sites (N-methyl/N-ethyl adjacent to an activating group) is 1. The summed E-state index contributed by atoms with van der Waals surface area (Å²) >= 11 is 0. The summed E-state index contributed by atoms with van der Waals surface area (Å²) in [6.45, 7) is 3.74. The van der Waals surface area contributed by atoms with Crippen LogP contribution >= 0.6 is 0 Å². The Kier molecular flexibility index (Phi) is 2.57. The Bertz CT molecular complexity index is 662. The van der Waals surface area contributed by atoms with Gasteiger partial charge in [-0.25, -0.2) is 0 Å². The van der Waals surface area contributed by atoms with Crippen molar-refractivity contribution in [3.05, 3.63) is 48.4 Å². The molecule has 3 N–H and O–H groups in total. The van der Waals surface area contributed by atoms with Crippen molar-refractivity contribution in [1.82, 2.24) is 15.2 Å². The molecule has 0 spiro atoms. The molecule has 0 aliphatic carbocycles. The first kappa shape index (κ1) is 11.8. The molecule has 3 rings (SSSR count). The molecular formula is C14H15N3O2. The van der Waals surface area contributed by atoms with E-state index in [9.17, 15) is 9.90 Å². The van der Waals surface area contributed by atoms with E-state index in [1.54, 1.807) is 13.2 Å². The number of rotatable bonds is 2. The first-order valence-electron chi connectivity index (χ1n) is 6.06. The van der Waals surface area contributed by atoms with Crippen LogP contribution in [-0.4, -0.2) is 34.0 Å². The highest BCUT2D eigenvalue weighted by atomic mass is 16.3. The number of hydrogen-bond donors (Lipinski definition) is 3. The minimum Gasteiger partial charge on any atom is -0.386 e. The number of H-pyrrole nitrogens is 1. The van der Waals surface area contributed by atoms with Crippen LogP contribution in [0.15, 0.2) is 42.9 Å². The van der Waals surface area contributed by atoms with Crippen LogP contribution in [0.5, 0.6) is 0 Å². The summed E-state index contributed by atoms with van der Waals surface area (Å²) < 4.78 is 0. The molecule has 1 saturated heterocycles. The van der Waals surface area contributed by atoms with Crippen LogP contribution in [0, 0.1) is 0 Å². The molecule has 1 amide bonds. The molecule has 5 heteroatoms. The van der Waals surface area contributed by atoms with Crippen LogP contribution in [0.2, 0.25) is 0 Å². The van der Waals surface area contributed by atoms with Crippen LogP contribution < -0.4 is 5.32 Å². The van der Waals surface area contributed by atoms with E-state index in [1.165, 1.54) is 4.90 Å². The van der Waals surface area contributed by atoms with Crippen LogP contribution in [0.25, 0.3) is 10.9 Å². The van der Waals surface area contributed by atoms with Crippen LogP contribution in [0.4, 0.5) is 0 Å². The van der Waals surface area contributed by atoms with Crippen molar-refractivity contribution in [3.8, 4) is 0 Å². The predicted octanol–water partition coefficient (Wildman–Crippen LogP) is 1.10. The van der Waals surface area contributed by atoms with E-state index in [-0.39, 0.29) is 5.91 Å². The molecule has 1 fully saturated rings. The number of fused-ring (bicyclic) bond motifs is 1. The Hall–Kier alpha value is -2.27. The Labute approximate surface area is 110 Å². The molecule has 2 unspecified atom stereocenters. The Morgan fingerprint density at radius 1 is 1.42 bits per heavy atom. The van der Waals surface area contributed by atoms with Gasteiger partial charge in [0.15, 0.2) is 0 Å². The summed E-state index contributed by atoms with van der Waals surface area (Å²) in [4.78, 5) is 16.5. The van der Waals surface area contributed by atoms with Gasteiger partial charge in [-0.3, -0.25) is 4.79 Å². The standard InChI is InChI=1S/C14H15N3O2/c1-8-16-12(14(19)17(8)2)13(18)10-7-15-11-6-4-3-5-9(10)11/h3-7,12-13,15-16,18H,1H2,2H3. The molecule has 1 aliphatic rings. The number of nitrogens with zero attached hydrogens (tertiary/aromatic N) is 1. The van der Waals surface area contributed by atoms with E-state index < -0.39 is 12.1 Å². The van der Waals surface area contributed by atoms with Crippen LogP contribution in [-0.2, 0) is 4.79 Å². The summed E-state index contributed by atoms with van der Waals surface area (Å²) in [5, 5.41) is 14.3. The molecule has 1 aromatic heterocycles. The average Bonchev–Trinajstić information content (AvgIpc) is 2.95. The molecule has 1 aromatic carbocycles. The number of carbonyl (C=O) groups excluding carboxylic acids is 1. The van der Waals surface area contributed by atoms with Crippen LogP contribution in [0.1, 0.15) is 11.7 Å². The van der Waals surface area contributed by atoms with Crippen molar-refractivity contribution in [2.45, 2.75) is 12.1 Å². The zero-order valence-corrected chi connectivity index (χ0v) is 10.6. The second-order valence-electron chi connectivity index (χ2n) is 4.70.